The third-order valence-corrected chi connectivity index (χ3v) is 5.48. The third-order valence-electron chi connectivity index (χ3n) is 4.30. The van der Waals surface area contributed by atoms with Gasteiger partial charge in [0.05, 0.1) is 15.2 Å². The van der Waals surface area contributed by atoms with Crippen LogP contribution in [-0.4, -0.2) is 28.5 Å². The van der Waals surface area contributed by atoms with Gasteiger partial charge in [-0.2, -0.15) is 0 Å². The molecule has 8 heteroatoms. The maximum absolute atomic E-state index is 10.8. The standard InChI is InChI=1S/C23H19Br2NO5/c1-14(23(28)29)31-26-13-16-10-19(24)22(20(25)11-16)30-18-7-8-21(27)17(12-18)9-15-5-3-2-4-6-15/h2-8,10-14,27H,9H2,1H3,(H,28,29)/b26-13+. The van der Waals surface area contributed by atoms with Gasteiger partial charge >= 0.3 is 5.97 Å². The lowest BCUT2D eigenvalue weighted by molar-refractivity contribution is -0.149. The lowest BCUT2D eigenvalue weighted by atomic mass is 10.0. The molecule has 3 rings (SSSR count). The summed E-state index contributed by atoms with van der Waals surface area (Å²) < 4.78 is 7.36. The van der Waals surface area contributed by atoms with Crippen LogP contribution in [0, 0.1) is 0 Å². The van der Waals surface area contributed by atoms with E-state index in [9.17, 15) is 9.90 Å². The van der Waals surface area contributed by atoms with E-state index in [0.29, 0.717) is 32.4 Å². The number of halogens is 2. The molecule has 0 saturated carbocycles. The van der Waals surface area contributed by atoms with Crippen LogP contribution in [0.2, 0.25) is 0 Å². The highest BCUT2D eigenvalue weighted by Gasteiger charge is 2.13. The molecule has 0 spiro atoms. The number of ether oxygens (including phenoxy) is 1. The average Bonchev–Trinajstić information content (AvgIpc) is 2.73. The van der Waals surface area contributed by atoms with E-state index in [2.05, 4.69) is 37.0 Å². The number of carbonyl (C=O) groups is 1. The first kappa shape index (κ1) is 22.8. The van der Waals surface area contributed by atoms with Crippen molar-refractivity contribution in [3.63, 3.8) is 0 Å². The fourth-order valence-electron chi connectivity index (χ4n) is 2.68. The summed E-state index contributed by atoms with van der Waals surface area (Å²) in [4.78, 5) is 15.6. The molecule has 0 heterocycles. The molecule has 0 amide bonds. The van der Waals surface area contributed by atoms with Crippen molar-refractivity contribution >= 4 is 44.0 Å². The number of aliphatic carboxylic acids is 1. The van der Waals surface area contributed by atoms with Crippen LogP contribution in [0.15, 0.2) is 74.8 Å². The van der Waals surface area contributed by atoms with E-state index in [4.69, 9.17) is 14.7 Å². The van der Waals surface area contributed by atoms with Gasteiger partial charge in [0, 0.05) is 12.0 Å². The van der Waals surface area contributed by atoms with Crippen LogP contribution in [0.4, 0.5) is 0 Å². The Hall–Kier alpha value is -2.84. The summed E-state index contributed by atoms with van der Waals surface area (Å²) in [7, 11) is 0. The van der Waals surface area contributed by atoms with Gasteiger partial charge in [-0.3, -0.25) is 0 Å². The Morgan fingerprint density at radius 2 is 1.77 bits per heavy atom. The molecule has 1 unspecified atom stereocenters. The fraction of sp³-hybridized carbons (Fsp3) is 0.130. The Bertz CT molecular complexity index is 1080. The number of aromatic hydroxyl groups is 1. The predicted octanol–water partition coefficient (Wildman–Crippen LogP) is 6.12. The van der Waals surface area contributed by atoms with Crippen LogP contribution in [-0.2, 0) is 16.1 Å². The van der Waals surface area contributed by atoms with Crippen LogP contribution in [0.5, 0.6) is 17.2 Å². The van der Waals surface area contributed by atoms with Gasteiger partial charge in [-0.05, 0) is 80.2 Å². The van der Waals surface area contributed by atoms with Crippen LogP contribution < -0.4 is 4.74 Å². The summed E-state index contributed by atoms with van der Waals surface area (Å²) >= 11 is 6.97. The third kappa shape index (κ3) is 6.32. The SMILES string of the molecule is CC(O/N=C/c1cc(Br)c(Oc2ccc(O)c(Cc3ccccc3)c2)c(Br)c1)C(=O)O. The topological polar surface area (TPSA) is 88.4 Å². The maximum atomic E-state index is 10.8. The number of carboxylic acid groups (broad SMARTS) is 1. The van der Waals surface area contributed by atoms with Gasteiger partial charge in [-0.15, -0.1) is 0 Å². The molecule has 0 aliphatic rings. The quantitative estimate of drug-likeness (QED) is 0.261. The number of hydrogen-bond acceptors (Lipinski definition) is 5. The zero-order chi connectivity index (χ0) is 22.4. The van der Waals surface area contributed by atoms with E-state index >= 15 is 0 Å². The van der Waals surface area contributed by atoms with Crippen molar-refractivity contribution in [2.45, 2.75) is 19.4 Å². The van der Waals surface area contributed by atoms with Gasteiger partial charge in [0.1, 0.15) is 11.5 Å². The first-order valence-electron chi connectivity index (χ1n) is 9.28. The Morgan fingerprint density at radius 1 is 1.10 bits per heavy atom. The predicted molar refractivity (Wildman–Crippen MR) is 125 cm³/mol. The van der Waals surface area contributed by atoms with Crippen LogP contribution in [0.25, 0.3) is 0 Å². The number of benzene rings is 3. The number of phenolic OH excluding ortho intramolecular Hbond substituents is 1. The minimum absolute atomic E-state index is 0.205. The van der Waals surface area contributed by atoms with Crippen molar-refractivity contribution in [2.75, 3.05) is 0 Å². The number of carboxylic acids is 1. The highest BCUT2D eigenvalue weighted by molar-refractivity contribution is 9.11. The summed E-state index contributed by atoms with van der Waals surface area (Å²) in [5.74, 6) is 0.235. The van der Waals surface area contributed by atoms with Gasteiger partial charge < -0.3 is 19.8 Å². The van der Waals surface area contributed by atoms with Crippen molar-refractivity contribution in [1.82, 2.24) is 0 Å². The van der Waals surface area contributed by atoms with Crippen molar-refractivity contribution in [3.05, 3.63) is 86.3 Å². The minimum atomic E-state index is -1.09. The monoisotopic (exact) mass is 547 g/mol. The minimum Gasteiger partial charge on any atom is -0.508 e. The molecule has 0 fully saturated rings. The molecule has 0 bridgehead atoms. The molecule has 1 atom stereocenters. The summed E-state index contributed by atoms with van der Waals surface area (Å²) in [5, 5.41) is 22.7. The molecule has 3 aromatic carbocycles. The largest absolute Gasteiger partial charge is 0.508 e. The molecule has 0 aliphatic carbocycles. The molecule has 2 N–H and O–H groups in total. The summed E-state index contributed by atoms with van der Waals surface area (Å²) in [5.41, 5.74) is 2.52. The van der Waals surface area contributed by atoms with E-state index in [1.165, 1.54) is 13.1 Å². The lowest BCUT2D eigenvalue weighted by Crippen LogP contribution is -2.17. The second-order valence-corrected chi connectivity index (χ2v) is 8.40. The number of oxime groups is 1. The normalized spacial score (nSPS) is 12.0. The Kier molecular flexibility index (Phi) is 7.70. The summed E-state index contributed by atoms with van der Waals surface area (Å²) in [6.45, 7) is 1.39. The number of phenols is 1. The molecule has 0 aromatic heterocycles. The highest BCUT2D eigenvalue weighted by Crippen LogP contribution is 2.38. The first-order valence-corrected chi connectivity index (χ1v) is 10.9. The highest BCUT2D eigenvalue weighted by atomic mass is 79.9. The molecular weight excluding hydrogens is 530 g/mol. The van der Waals surface area contributed by atoms with Gasteiger partial charge in [0.2, 0.25) is 6.10 Å². The van der Waals surface area contributed by atoms with E-state index in [0.717, 1.165) is 11.1 Å². The van der Waals surface area contributed by atoms with E-state index in [1.807, 2.05) is 30.3 Å². The Morgan fingerprint density at radius 3 is 2.42 bits per heavy atom. The number of rotatable bonds is 8. The van der Waals surface area contributed by atoms with Crippen LogP contribution >= 0.6 is 31.9 Å². The van der Waals surface area contributed by atoms with Gasteiger partial charge in [0.15, 0.2) is 5.75 Å². The zero-order valence-corrected chi connectivity index (χ0v) is 19.6. The van der Waals surface area contributed by atoms with Crippen LogP contribution in [0.3, 0.4) is 0 Å². The van der Waals surface area contributed by atoms with Crippen LogP contribution in [0.1, 0.15) is 23.6 Å². The lowest BCUT2D eigenvalue weighted by Gasteiger charge is -2.13. The molecule has 0 saturated heterocycles. The van der Waals surface area contributed by atoms with Crippen molar-refractivity contribution < 1.29 is 24.6 Å². The Labute approximate surface area is 196 Å². The fourth-order valence-corrected chi connectivity index (χ4v) is 4.06. The summed E-state index contributed by atoms with van der Waals surface area (Å²) in [6, 6.07) is 18.5. The average molecular weight is 549 g/mol. The molecule has 6 nitrogen and oxygen atoms in total. The second-order valence-electron chi connectivity index (χ2n) is 6.69. The molecule has 31 heavy (non-hydrogen) atoms. The van der Waals surface area contributed by atoms with Crippen molar-refractivity contribution in [1.29, 1.82) is 0 Å². The second kappa shape index (κ2) is 10.5. The van der Waals surface area contributed by atoms with E-state index in [-0.39, 0.29) is 5.75 Å². The van der Waals surface area contributed by atoms with Gasteiger partial charge in [-0.1, -0.05) is 35.5 Å². The zero-order valence-electron chi connectivity index (χ0n) is 16.5. The summed E-state index contributed by atoms with van der Waals surface area (Å²) in [6.07, 6.45) is 0.957. The molecule has 160 valence electrons. The molecular formula is C23H19Br2NO5. The molecule has 3 aromatic rings. The number of hydrogen-bond donors (Lipinski definition) is 2. The van der Waals surface area contributed by atoms with Gasteiger partial charge in [0.25, 0.3) is 0 Å². The molecule has 0 radical (unpaired) electrons. The van der Waals surface area contributed by atoms with Gasteiger partial charge in [-0.25, -0.2) is 4.79 Å². The van der Waals surface area contributed by atoms with Crippen molar-refractivity contribution in [3.8, 4) is 17.2 Å². The molecule has 0 aliphatic heterocycles. The van der Waals surface area contributed by atoms with E-state index < -0.39 is 12.1 Å². The van der Waals surface area contributed by atoms with E-state index in [1.54, 1.807) is 30.3 Å². The first-order chi connectivity index (χ1) is 14.8. The maximum Gasteiger partial charge on any atom is 0.347 e. The Balaban J connectivity index is 1.77. The van der Waals surface area contributed by atoms with Crippen molar-refractivity contribution in [2.24, 2.45) is 5.16 Å². The number of nitrogens with zero attached hydrogens (tertiary/aromatic N) is 1. The smallest absolute Gasteiger partial charge is 0.347 e.